The highest BCUT2D eigenvalue weighted by atomic mass is 16.5. The summed E-state index contributed by atoms with van der Waals surface area (Å²) in [5.74, 6) is 0.992. The predicted octanol–water partition coefficient (Wildman–Crippen LogP) is 3.63. The number of methoxy groups -OCH3 is 3. The maximum Gasteiger partial charge on any atom is 0.252 e. The van der Waals surface area contributed by atoms with Crippen molar-refractivity contribution in [3.8, 4) is 17.2 Å². The number of benzene rings is 2. The van der Waals surface area contributed by atoms with Gasteiger partial charge in [0.15, 0.2) is 11.5 Å². The number of pyridine rings is 1. The van der Waals surface area contributed by atoms with Crippen molar-refractivity contribution in [2.75, 3.05) is 21.3 Å². The number of ether oxygens (including phenoxy) is 3. The molecule has 144 valence electrons. The highest BCUT2D eigenvalue weighted by Crippen LogP contribution is 2.38. The second-order valence-electron chi connectivity index (χ2n) is 5.99. The summed E-state index contributed by atoms with van der Waals surface area (Å²) < 4.78 is 16.0. The number of nitrogens with zero attached hydrogens (tertiary/aromatic N) is 1. The van der Waals surface area contributed by atoms with Gasteiger partial charge in [0.25, 0.3) is 5.91 Å². The lowest BCUT2D eigenvalue weighted by Crippen LogP contribution is -2.30. The first-order valence-electron chi connectivity index (χ1n) is 8.74. The van der Waals surface area contributed by atoms with Gasteiger partial charge in [-0.2, -0.15) is 0 Å². The second kappa shape index (κ2) is 8.90. The SMILES string of the molecule is COc1cc(C(=O)N[C@H](c2ccccc2)c2ccccn2)cc(OC)c1OC. The molecule has 0 saturated heterocycles. The van der Waals surface area contributed by atoms with Gasteiger partial charge in [-0.05, 0) is 29.8 Å². The van der Waals surface area contributed by atoms with Crippen LogP contribution >= 0.6 is 0 Å². The van der Waals surface area contributed by atoms with Crippen LogP contribution in [0.4, 0.5) is 0 Å². The second-order valence-corrected chi connectivity index (χ2v) is 5.99. The van der Waals surface area contributed by atoms with E-state index in [0.717, 1.165) is 11.3 Å². The summed E-state index contributed by atoms with van der Waals surface area (Å²) in [4.78, 5) is 17.5. The summed E-state index contributed by atoms with van der Waals surface area (Å²) in [6.45, 7) is 0. The van der Waals surface area contributed by atoms with Gasteiger partial charge in [0.05, 0.1) is 33.1 Å². The number of rotatable bonds is 7. The normalized spacial score (nSPS) is 11.4. The molecule has 0 radical (unpaired) electrons. The number of aromatic nitrogens is 1. The molecule has 3 rings (SSSR count). The average Bonchev–Trinajstić information content (AvgIpc) is 2.77. The Morgan fingerprint density at radius 3 is 2.07 bits per heavy atom. The highest BCUT2D eigenvalue weighted by molar-refractivity contribution is 5.96. The van der Waals surface area contributed by atoms with Crippen LogP contribution in [0.2, 0.25) is 0 Å². The van der Waals surface area contributed by atoms with Crippen LogP contribution in [0, 0.1) is 0 Å². The van der Waals surface area contributed by atoms with Crippen LogP contribution in [-0.2, 0) is 0 Å². The third-order valence-electron chi connectivity index (χ3n) is 4.32. The smallest absolute Gasteiger partial charge is 0.252 e. The predicted molar refractivity (Wildman–Crippen MR) is 106 cm³/mol. The van der Waals surface area contributed by atoms with Crippen LogP contribution in [0.25, 0.3) is 0 Å². The lowest BCUT2D eigenvalue weighted by Gasteiger charge is -2.20. The topological polar surface area (TPSA) is 69.7 Å². The van der Waals surface area contributed by atoms with Crippen molar-refractivity contribution in [3.05, 3.63) is 83.7 Å². The van der Waals surface area contributed by atoms with Gasteiger partial charge in [-0.3, -0.25) is 9.78 Å². The minimum atomic E-state index is -0.394. The van der Waals surface area contributed by atoms with E-state index in [2.05, 4.69) is 10.3 Å². The third-order valence-corrected chi connectivity index (χ3v) is 4.32. The molecule has 1 heterocycles. The lowest BCUT2D eigenvalue weighted by molar-refractivity contribution is 0.0941. The number of hydrogen-bond donors (Lipinski definition) is 1. The molecule has 1 aromatic heterocycles. The number of hydrogen-bond acceptors (Lipinski definition) is 5. The van der Waals surface area contributed by atoms with E-state index in [1.807, 2.05) is 48.5 Å². The first-order valence-corrected chi connectivity index (χ1v) is 8.74. The Morgan fingerprint density at radius 2 is 1.54 bits per heavy atom. The van der Waals surface area contributed by atoms with Gasteiger partial charge in [0.2, 0.25) is 5.75 Å². The van der Waals surface area contributed by atoms with Crippen molar-refractivity contribution >= 4 is 5.91 Å². The van der Waals surface area contributed by atoms with Crippen LogP contribution in [0.3, 0.4) is 0 Å². The summed E-state index contributed by atoms with van der Waals surface area (Å²) >= 11 is 0. The van der Waals surface area contributed by atoms with E-state index < -0.39 is 6.04 Å². The van der Waals surface area contributed by atoms with Gasteiger partial charge < -0.3 is 19.5 Å². The molecule has 0 spiro atoms. The summed E-state index contributed by atoms with van der Waals surface area (Å²) in [7, 11) is 4.55. The molecule has 28 heavy (non-hydrogen) atoms. The third kappa shape index (κ3) is 4.06. The molecule has 1 amide bonds. The molecule has 0 aliphatic carbocycles. The van der Waals surface area contributed by atoms with Crippen LogP contribution in [0.1, 0.15) is 27.7 Å². The van der Waals surface area contributed by atoms with E-state index in [1.165, 1.54) is 21.3 Å². The van der Waals surface area contributed by atoms with Gasteiger partial charge in [0.1, 0.15) is 0 Å². The molecule has 3 aromatic rings. The van der Waals surface area contributed by atoms with Crippen molar-refractivity contribution in [1.29, 1.82) is 0 Å². The average molecular weight is 378 g/mol. The Morgan fingerprint density at radius 1 is 0.893 bits per heavy atom. The maximum atomic E-state index is 13.0. The molecule has 1 N–H and O–H groups in total. The monoisotopic (exact) mass is 378 g/mol. The molecular formula is C22H22N2O4. The Labute approximate surface area is 164 Å². The van der Waals surface area contributed by atoms with Crippen LogP contribution in [0.5, 0.6) is 17.2 Å². The number of carbonyl (C=O) groups is 1. The molecule has 2 aromatic carbocycles. The van der Waals surface area contributed by atoms with Crippen LogP contribution in [-0.4, -0.2) is 32.2 Å². The first-order chi connectivity index (χ1) is 13.7. The van der Waals surface area contributed by atoms with E-state index in [-0.39, 0.29) is 5.91 Å². The molecule has 6 nitrogen and oxygen atoms in total. The van der Waals surface area contributed by atoms with Crippen molar-refractivity contribution in [3.63, 3.8) is 0 Å². The largest absolute Gasteiger partial charge is 0.493 e. The fourth-order valence-electron chi connectivity index (χ4n) is 2.95. The zero-order chi connectivity index (χ0) is 19.9. The Kier molecular flexibility index (Phi) is 6.11. The van der Waals surface area contributed by atoms with Crippen molar-refractivity contribution in [2.45, 2.75) is 6.04 Å². The van der Waals surface area contributed by atoms with Gasteiger partial charge in [0, 0.05) is 11.8 Å². The van der Waals surface area contributed by atoms with Crippen molar-refractivity contribution in [1.82, 2.24) is 10.3 Å². The van der Waals surface area contributed by atoms with Crippen LogP contribution in [0.15, 0.2) is 66.9 Å². The molecule has 0 aliphatic rings. The fourth-order valence-corrected chi connectivity index (χ4v) is 2.95. The van der Waals surface area contributed by atoms with Gasteiger partial charge in [-0.1, -0.05) is 36.4 Å². The molecule has 0 bridgehead atoms. The summed E-state index contributed by atoms with van der Waals surface area (Å²) in [5, 5.41) is 3.05. The van der Waals surface area contributed by atoms with Crippen molar-refractivity contribution < 1.29 is 19.0 Å². The standard InChI is InChI=1S/C22H22N2O4/c1-26-18-13-16(14-19(27-2)21(18)28-3)22(25)24-20(15-9-5-4-6-10-15)17-11-7-8-12-23-17/h4-14,20H,1-3H3,(H,24,25)/t20-/m1/s1. The van der Waals surface area contributed by atoms with Crippen LogP contribution < -0.4 is 19.5 Å². The maximum absolute atomic E-state index is 13.0. The zero-order valence-corrected chi connectivity index (χ0v) is 16.0. The summed E-state index contributed by atoms with van der Waals surface area (Å²) in [5.41, 5.74) is 2.07. The van der Waals surface area contributed by atoms with Crippen molar-refractivity contribution in [2.24, 2.45) is 0 Å². The molecular weight excluding hydrogens is 356 g/mol. The summed E-state index contributed by atoms with van der Waals surface area (Å²) in [6.07, 6.45) is 1.71. The van der Waals surface area contributed by atoms with Gasteiger partial charge in [-0.25, -0.2) is 0 Å². The number of carbonyl (C=O) groups excluding carboxylic acids is 1. The lowest BCUT2D eigenvalue weighted by atomic mass is 10.0. The Hall–Kier alpha value is -3.54. The minimum Gasteiger partial charge on any atom is -0.493 e. The number of amides is 1. The van der Waals surface area contributed by atoms with Gasteiger partial charge >= 0.3 is 0 Å². The Balaban J connectivity index is 1.97. The van der Waals surface area contributed by atoms with E-state index in [9.17, 15) is 4.79 Å². The fraction of sp³-hybridized carbons (Fsp3) is 0.182. The first kappa shape index (κ1) is 19.2. The molecule has 6 heteroatoms. The van der Waals surface area contributed by atoms with Gasteiger partial charge in [-0.15, -0.1) is 0 Å². The molecule has 1 atom stereocenters. The molecule has 0 saturated carbocycles. The van der Waals surface area contributed by atoms with E-state index in [1.54, 1.807) is 18.3 Å². The minimum absolute atomic E-state index is 0.279. The highest BCUT2D eigenvalue weighted by Gasteiger charge is 2.21. The molecule has 0 unspecified atom stereocenters. The molecule has 0 aliphatic heterocycles. The molecule has 0 fully saturated rings. The number of nitrogens with one attached hydrogen (secondary N) is 1. The Bertz CT molecular complexity index is 865. The van der Waals surface area contributed by atoms with E-state index in [4.69, 9.17) is 14.2 Å². The van der Waals surface area contributed by atoms with E-state index >= 15 is 0 Å². The summed E-state index contributed by atoms with van der Waals surface area (Å²) in [6, 6.07) is 18.2. The zero-order valence-electron chi connectivity index (χ0n) is 16.0. The quantitative estimate of drug-likeness (QED) is 0.680. The van der Waals surface area contributed by atoms with E-state index in [0.29, 0.717) is 22.8 Å².